The molecule has 1 N–H and O–H groups in total. The van der Waals surface area contributed by atoms with Crippen molar-refractivity contribution in [3.63, 3.8) is 0 Å². The molecule has 0 radical (unpaired) electrons. The van der Waals surface area contributed by atoms with Gasteiger partial charge in [0.2, 0.25) is 0 Å². The number of fused-ring (bicyclic) bond motifs is 2. The Bertz CT molecular complexity index is 302. The monoisotopic (exact) mass is 256 g/mol. The van der Waals surface area contributed by atoms with Crippen molar-refractivity contribution in [3.05, 3.63) is 0 Å². The summed E-state index contributed by atoms with van der Waals surface area (Å²) in [6.45, 7) is 8.68. The van der Waals surface area contributed by atoms with Gasteiger partial charge in [-0.2, -0.15) is 0 Å². The number of amides is 1. The van der Waals surface area contributed by atoms with E-state index in [0.29, 0.717) is 12.1 Å². The molecule has 0 aromatic carbocycles. The number of hydrogen-bond donors (Lipinski definition) is 1. The lowest BCUT2D eigenvalue weighted by molar-refractivity contribution is -0.0769. The van der Waals surface area contributed by atoms with Crippen molar-refractivity contribution in [2.24, 2.45) is 0 Å². The van der Waals surface area contributed by atoms with E-state index in [-0.39, 0.29) is 12.7 Å². The second kappa shape index (κ2) is 5.05. The normalized spacial score (nSPS) is 27.9. The summed E-state index contributed by atoms with van der Waals surface area (Å²) in [4.78, 5) is 16.2. The molecule has 2 atom stereocenters. The van der Waals surface area contributed by atoms with Crippen LogP contribution in [0.4, 0.5) is 4.79 Å². The van der Waals surface area contributed by atoms with Crippen molar-refractivity contribution < 1.29 is 14.6 Å². The number of ether oxygens (including phenoxy) is 1. The molecule has 104 valence electrons. The third-order valence-corrected chi connectivity index (χ3v) is 3.51. The van der Waals surface area contributed by atoms with Crippen molar-refractivity contribution in [2.75, 3.05) is 26.2 Å². The predicted octanol–water partition coefficient (Wildman–Crippen LogP) is 1.06. The van der Waals surface area contributed by atoms with Crippen LogP contribution in [0.3, 0.4) is 0 Å². The summed E-state index contributed by atoms with van der Waals surface area (Å²) in [6, 6.07) is 0.606. The van der Waals surface area contributed by atoms with Crippen molar-refractivity contribution in [1.29, 1.82) is 0 Å². The van der Waals surface area contributed by atoms with Crippen LogP contribution in [0.5, 0.6) is 0 Å². The molecule has 3 aliphatic heterocycles. The van der Waals surface area contributed by atoms with Gasteiger partial charge in [0, 0.05) is 26.2 Å². The van der Waals surface area contributed by atoms with Crippen LogP contribution in [0.15, 0.2) is 0 Å². The molecule has 0 aliphatic carbocycles. The zero-order valence-corrected chi connectivity index (χ0v) is 11.6. The van der Waals surface area contributed by atoms with E-state index in [1.54, 1.807) is 0 Å². The summed E-state index contributed by atoms with van der Waals surface area (Å²) in [5.41, 5.74) is -0.419. The zero-order chi connectivity index (χ0) is 13.3. The van der Waals surface area contributed by atoms with Gasteiger partial charge in [-0.3, -0.25) is 9.80 Å². The molecule has 5 nitrogen and oxygen atoms in total. The van der Waals surface area contributed by atoms with Crippen molar-refractivity contribution >= 4 is 6.09 Å². The molecule has 3 rings (SSSR count). The molecule has 0 aromatic rings. The lowest BCUT2D eigenvalue weighted by Crippen LogP contribution is -2.70. The minimum absolute atomic E-state index is 0.175. The van der Waals surface area contributed by atoms with E-state index in [9.17, 15) is 4.79 Å². The fraction of sp³-hybridized carbons (Fsp3) is 0.923. The van der Waals surface area contributed by atoms with Gasteiger partial charge in [-0.1, -0.05) is 0 Å². The van der Waals surface area contributed by atoms with Crippen LogP contribution >= 0.6 is 0 Å². The highest BCUT2D eigenvalue weighted by molar-refractivity contribution is 5.70. The van der Waals surface area contributed by atoms with E-state index in [1.807, 2.05) is 25.7 Å². The summed E-state index contributed by atoms with van der Waals surface area (Å²) in [5.74, 6) is 0. The Labute approximate surface area is 109 Å². The lowest BCUT2D eigenvalue weighted by atomic mass is 9.88. The molecule has 3 heterocycles. The van der Waals surface area contributed by atoms with E-state index in [0.717, 1.165) is 32.5 Å². The first-order valence-corrected chi connectivity index (χ1v) is 6.75. The molecular formula is C13H24N2O3. The standard InChI is InChI=1S/C13H24N2O3/c1-13(2,3)18-12(17)15-10-7-11(15)9-14(8-10)5-4-6-16/h10-11,16H,4-9H2,1-3H3. The van der Waals surface area contributed by atoms with E-state index in [4.69, 9.17) is 9.84 Å². The summed E-state index contributed by atoms with van der Waals surface area (Å²) in [6.07, 6.45) is 1.73. The average molecular weight is 256 g/mol. The van der Waals surface area contributed by atoms with Gasteiger partial charge >= 0.3 is 6.09 Å². The van der Waals surface area contributed by atoms with Crippen LogP contribution in [-0.4, -0.2) is 64.9 Å². The maximum atomic E-state index is 12.0. The SMILES string of the molecule is CC(C)(C)OC(=O)N1C2CC1CN(CCCO)C2. The Morgan fingerprint density at radius 2 is 1.94 bits per heavy atom. The first-order chi connectivity index (χ1) is 8.40. The second-order valence-corrected chi connectivity index (χ2v) is 6.27. The third kappa shape index (κ3) is 2.95. The van der Waals surface area contributed by atoms with E-state index < -0.39 is 5.60 Å². The van der Waals surface area contributed by atoms with Crippen molar-refractivity contribution in [2.45, 2.75) is 51.3 Å². The topological polar surface area (TPSA) is 53.0 Å². The summed E-state index contributed by atoms with van der Waals surface area (Å²) >= 11 is 0. The molecule has 18 heavy (non-hydrogen) atoms. The summed E-state index contributed by atoms with van der Waals surface area (Å²) in [7, 11) is 0. The van der Waals surface area contributed by atoms with Gasteiger partial charge < -0.3 is 9.84 Å². The Balaban J connectivity index is 1.83. The number of aliphatic hydroxyl groups excluding tert-OH is 1. The fourth-order valence-corrected chi connectivity index (χ4v) is 2.79. The number of hydrogen-bond acceptors (Lipinski definition) is 4. The highest BCUT2D eigenvalue weighted by Crippen LogP contribution is 2.33. The van der Waals surface area contributed by atoms with Crippen LogP contribution in [0, 0.1) is 0 Å². The zero-order valence-electron chi connectivity index (χ0n) is 11.6. The first-order valence-electron chi connectivity index (χ1n) is 6.75. The molecule has 2 bridgehead atoms. The van der Waals surface area contributed by atoms with Gasteiger partial charge in [0.15, 0.2) is 0 Å². The number of carbonyl (C=O) groups is 1. The second-order valence-electron chi connectivity index (χ2n) is 6.27. The molecule has 3 fully saturated rings. The largest absolute Gasteiger partial charge is 0.444 e. The molecule has 2 unspecified atom stereocenters. The maximum Gasteiger partial charge on any atom is 0.410 e. The third-order valence-electron chi connectivity index (χ3n) is 3.51. The molecule has 5 heteroatoms. The average Bonchev–Trinajstić information content (AvgIpc) is 2.23. The smallest absolute Gasteiger partial charge is 0.410 e. The molecule has 0 spiro atoms. The van der Waals surface area contributed by atoms with Gasteiger partial charge in [0.05, 0.1) is 12.1 Å². The lowest BCUT2D eigenvalue weighted by Gasteiger charge is -2.55. The fourth-order valence-electron chi connectivity index (χ4n) is 2.79. The molecule has 1 amide bonds. The minimum atomic E-state index is -0.419. The van der Waals surface area contributed by atoms with Crippen molar-refractivity contribution in [3.8, 4) is 0 Å². The van der Waals surface area contributed by atoms with Gasteiger partial charge in [-0.25, -0.2) is 4.79 Å². The van der Waals surface area contributed by atoms with Crippen LogP contribution < -0.4 is 0 Å². The summed E-state index contributed by atoms with van der Waals surface area (Å²) < 4.78 is 5.42. The number of carbonyl (C=O) groups excluding carboxylic acids is 1. The molecule has 3 saturated heterocycles. The predicted molar refractivity (Wildman–Crippen MR) is 68.4 cm³/mol. The Morgan fingerprint density at radius 3 is 2.44 bits per heavy atom. The van der Waals surface area contributed by atoms with E-state index in [1.165, 1.54) is 0 Å². The van der Waals surface area contributed by atoms with Crippen LogP contribution in [0.1, 0.15) is 33.6 Å². The van der Waals surface area contributed by atoms with Gasteiger partial charge in [-0.05, 0) is 33.6 Å². The van der Waals surface area contributed by atoms with E-state index >= 15 is 0 Å². The highest BCUT2D eigenvalue weighted by atomic mass is 16.6. The number of piperidine rings is 1. The highest BCUT2D eigenvalue weighted by Gasteiger charge is 2.48. The Morgan fingerprint density at radius 1 is 1.33 bits per heavy atom. The van der Waals surface area contributed by atoms with Gasteiger partial charge in [-0.15, -0.1) is 0 Å². The van der Waals surface area contributed by atoms with Gasteiger partial charge in [0.25, 0.3) is 0 Å². The van der Waals surface area contributed by atoms with Crippen LogP contribution in [-0.2, 0) is 4.74 Å². The van der Waals surface area contributed by atoms with Gasteiger partial charge in [0.1, 0.15) is 5.60 Å². The number of piperazine rings is 1. The molecular weight excluding hydrogens is 232 g/mol. The minimum Gasteiger partial charge on any atom is -0.444 e. The Kier molecular flexibility index (Phi) is 3.82. The Hall–Kier alpha value is -0.810. The van der Waals surface area contributed by atoms with Crippen LogP contribution in [0.25, 0.3) is 0 Å². The first kappa shape index (κ1) is 13.6. The maximum absolute atomic E-state index is 12.0. The molecule has 0 aromatic heterocycles. The summed E-state index contributed by atoms with van der Waals surface area (Å²) in [5, 5.41) is 8.83. The van der Waals surface area contributed by atoms with E-state index in [2.05, 4.69) is 4.90 Å². The molecule has 3 aliphatic rings. The molecule has 0 saturated carbocycles. The number of nitrogens with zero attached hydrogens (tertiary/aromatic N) is 2. The number of rotatable bonds is 3. The quantitative estimate of drug-likeness (QED) is 0.820. The van der Waals surface area contributed by atoms with Crippen LogP contribution in [0.2, 0.25) is 0 Å². The number of aliphatic hydroxyl groups is 1. The van der Waals surface area contributed by atoms with Crippen molar-refractivity contribution in [1.82, 2.24) is 9.80 Å².